The first kappa shape index (κ1) is 17.0. The van der Waals surface area contributed by atoms with Crippen LogP contribution in [0.15, 0.2) is 46.9 Å². The molecule has 2 rings (SSSR count). The van der Waals surface area contributed by atoms with Gasteiger partial charge in [-0.05, 0) is 24.3 Å². The van der Waals surface area contributed by atoms with Gasteiger partial charge in [0, 0.05) is 30.1 Å². The van der Waals surface area contributed by atoms with Crippen molar-refractivity contribution in [1.82, 2.24) is 4.57 Å². The van der Waals surface area contributed by atoms with Gasteiger partial charge in [0.25, 0.3) is 0 Å². The number of imidazole rings is 1. The molecular weight excluding hydrogens is 310 g/mol. The average molecular weight is 332 g/mol. The number of anilines is 1. The molecule has 0 bridgehead atoms. The molecule has 7 nitrogen and oxygen atoms in total. The van der Waals surface area contributed by atoms with Gasteiger partial charge < -0.3 is 10.6 Å². The summed E-state index contributed by atoms with van der Waals surface area (Å²) in [6.45, 7) is 0.824. The third-order valence-electron chi connectivity index (χ3n) is 3.37. The highest BCUT2D eigenvalue weighted by Gasteiger charge is 2.10. The van der Waals surface area contributed by atoms with Gasteiger partial charge in [0.05, 0.1) is 26.5 Å². The normalized spacial score (nSPS) is 11.1. The highest BCUT2D eigenvalue weighted by molar-refractivity contribution is 8.13. The molecule has 0 radical (unpaired) electrons. The van der Waals surface area contributed by atoms with E-state index in [4.69, 9.17) is 11.1 Å². The van der Waals surface area contributed by atoms with Gasteiger partial charge in [0.2, 0.25) is 0 Å². The quantitative estimate of drug-likeness (QED) is 0.368. The second kappa shape index (κ2) is 7.77. The third-order valence-corrected chi connectivity index (χ3v) is 4.07. The smallest absolute Gasteiger partial charge is 0.379 e. The van der Waals surface area contributed by atoms with E-state index in [1.807, 2.05) is 66.9 Å². The van der Waals surface area contributed by atoms with Gasteiger partial charge in [-0.25, -0.2) is 9.13 Å². The molecule has 0 unspecified atom stereocenters. The molecule has 0 aliphatic rings. The Balaban J connectivity index is 1.98. The molecule has 8 heteroatoms. The molecule has 3 N–H and O–H groups in total. The van der Waals surface area contributed by atoms with Crippen molar-refractivity contribution in [1.29, 1.82) is 5.41 Å². The number of aryl methyl sites for hydroxylation is 2. The predicted octanol–water partition coefficient (Wildman–Crippen LogP) is 2.33. The van der Waals surface area contributed by atoms with Gasteiger partial charge in [-0.15, -0.1) is 0 Å². The summed E-state index contributed by atoms with van der Waals surface area (Å²) in [7, 11) is 5.89. The van der Waals surface area contributed by atoms with Gasteiger partial charge in [0.1, 0.15) is 5.69 Å². The predicted molar refractivity (Wildman–Crippen MR) is 94.8 cm³/mol. The molecule has 1 aromatic carbocycles. The lowest BCUT2D eigenvalue weighted by Crippen LogP contribution is -2.25. The van der Waals surface area contributed by atoms with Crippen LogP contribution in [0.3, 0.4) is 0 Å². The molecule has 122 valence electrons. The van der Waals surface area contributed by atoms with Gasteiger partial charge >= 0.3 is 5.95 Å². The number of nitrogens with two attached hydrogens (primary N) is 1. The van der Waals surface area contributed by atoms with E-state index in [1.54, 1.807) is 0 Å². The van der Waals surface area contributed by atoms with Crippen LogP contribution in [-0.2, 0) is 14.1 Å². The molecule has 1 aromatic heterocycles. The summed E-state index contributed by atoms with van der Waals surface area (Å²) in [4.78, 5) is 2.12. The van der Waals surface area contributed by atoms with Crippen LogP contribution in [0.25, 0.3) is 0 Å². The maximum atomic E-state index is 7.20. The van der Waals surface area contributed by atoms with E-state index in [-0.39, 0.29) is 5.17 Å². The Morgan fingerprint density at radius 2 is 2.04 bits per heavy atom. The maximum Gasteiger partial charge on any atom is 0.421 e. The molecule has 0 amide bonds. The van der Waals surface area contributed by atoms with E-state index in [0.717, 1.165) is 29.6 Å². The largest absolute Gasteiger partial charge is 0.421 e. The topological polar surface area (TPSA) is 86.6 Å². The lowest BCUT2D eigenvalue weighted by atomic mass is 10.2. The molecule has 0 aliphatic heterocycles. The number of thioether (sulfide) groups is 1. The van der Waals surface area contributed by atoms with Crippen LogP contribution in [0.2, 0.25) is 0 Å². The molecule has 0 saturated carbocycles. The number of nitrogens with one attached hydrogen (secondary N) is 1. The Morgan fingerprint density at radius 1 is 1.35 bits per heavy atom. The van der Waals surface area contributed by atoms with Crippen molar-refractivity contribution < 1.29 is 4.57 Å². The molecule has 0 spiro atoms. The molecular formula is C15H22N7S+. The first-order chi connectivity index (χ1) is 11.0. The summed E-state index contributed by atoms with van der Waals surface area (Å²) in [5.74, 6) is 1.57. The lowest BCUT2D eigenvalue weighted by molar-refractivity contribution is -0.657. The van der Waals surface area contributed by atoms with Crippen LogP contribution >= 0.6 is 11.8 Å². The molecule has 1 heterocycles. The second-order valence-electron chi connectivity index (χ2n) is 5.17. The molecule has 2 aromatic rings. The van der Waals surface area contributed by atoms with Crippen molar-refractivity contribution in [3.8, 4) is 0 Å². The third kappa shape index (κ3) is 4.82. The van der Waals surface area contributed by atoms with E-state index in [1.165, 1.54) is 11.8 Å². The molecule has 0 fully saturated rings. The van der Waals surface area contributed by atoms with Crippen LogP contribution in [-0.4, -0.2) is 29.1 Å². The Kier molecular flexibility index (Phi) is 5.75. The number of amidine groups is 1. The van der Waals surface area contributed by atoms with Gasteiger partial charge in [-0.2, -0.15) is 0 Å². The summed E-state index contributed by atoms with van der Waals surface area (Å²) < 4.78 is 3.83. The van der Waals surface area contributed by atoms with Crippen molar-refractivity contribution in [2.75, 3.05) is 24.2 Å². The Morgan fingerprint density at radius 3 is 2.61 bits per heavy atom. The number of hydrogen-bond donors (Lipinski definition) is 2. The first-order valence-corrected chi connectivity index (χ1v) is 8.16. The Hall–Kier alpha value is -2.35. The summed E-state index contributed by atoms with van der Waals surface area (Å²) in [6.07, 6.45) is 3.87. The highest BCUT2D eigenvalue weighted by Crippen LogP contribution is 2.20. The van der Waals surface area contributed by atoms with Crippen LogP contribution in [0.1, 0.15) is 0 Å². The lowest BCUT2D eigenvalue weighted by Gasteiger charge is -2.18. The number of aromatic nitrogens is 2. The average Bonchev–Trinajstić information content (AvgIpc) is 2.84. The van der Waals surface area contributed by atoms with E-state index < -0.39 is 0 Å². The SMILES string of the molecule is CN(CCSC(=N)N)c1ccc(/N=N/c2n(C)cc[n+]2C)cc1. The summed E-state index contributed by atoms with van der Waals surface area (Å²) >= 11 is 1.35. The highest BCUT2D eigenvalue weighted by atomic mass is 32.2. The van der Waals surface area contributed by atoms with E-state index >= 15 is 0 Å². The number of nitrogens with zero attached hydrogens (tertiary/aromatic N) is 5. The van der Waals surface area contributed by atoms with Crippen molar-refractivity contribution in [2.24, 2.45) is 30.1 Å². The van der Waals surface area contributed by atoms with Crippen LogP contribution in [0.5, 0.6) is 0 Å². The van der Waals surface area contributed by atoms with Crippen LogP contribution in [0, 0.1) is 5.41 Å². The number of azo groups is 1. The molecule has 0 saturated heterocycles. The van der Waals surface area contributed by atoms with Crippen molar-refractivity contribution in [3.05, 3.63) is 36.7 Å². The zero-order chi connectivity index (χ0) is 16.8. The number of benzene rings is 1. The molecule has 0 atom stereocenters. The first-order valence-electron chi connectivity index (χ1n) is 7.18. The van der Waals surface area contributed by atoms with Crippen molar-refractivity contribution in [2.45, 2.75) is 0 Å². The van der Waals surface area contributed by atoms with Gasteiger partial charge in [-0.3, -0.25) is 5.41 Å². The van der Waals surface area contributed by atoms with Gasteiger partial charge in [-0.1, -0.05) is 16.9 Å². The Bertz CT molecular complexity index is 671. The van der Waals surface area contributed by atoms with Crippen LogP contribution < -0.4 is 15.2 Å². The van der Waals surface area contributed by atoms with E-state index in [0.29, 0.717) is 0 Å². The zero-order valence-electron chi connectivity index (χ0n) is 13.6. The van der Waals surface area contributed by atoms with Crippen molar-refractivity contribution in [3.63, 3.8) is 0 Å². The summed E-state index contributed by atoms with van der Waals surface area (Å²) in [5.41, 5.74) is 7.24. The second-order valence-corrected chi connectivity index (χ2v) is 6.31. The monoisotopic (exact) mass is 332 g/mol. The van der Waals surface area contributed by atoms with Gasteiger partial charge in [0.15, 0.2) is 5.17 Å². The number of hydrogen-bond acceptors (Lipinski definition) is 5. The minimum Gasteiger partial charge on any atom is -0.379 e. The standard InChI is InChI=1S/C15H22N7S/c1-20(10-11-23-14(16)17)13-6-4-12(5-7-13)18-19-15-21(2)8-9-22(15)3/h4-9H,10-11H2,1-3H3,(H3,16,17)/q+1. The maximum absolute atomic E-state index is 7.20. The minimum atomic E-state index is 0.156. The number of rotatable bonds is 6. The Labute approximate surface area is 140 Å². The fourth-order valence-electron chi connectivity index (χ4n) is 2.02. The summed E-state index contributed by atoms with van der Waals surface area (Å²) in [5, 5.41) is 15.9. The van der Waals surface area contributed by atoms with E-state index in [9.17, 15) is 0 Å². The van der Waals surface area contributed by atoms with E-state index in [2.05, 4.69) is 15.1 Å². The van der Waals surface area contributed by atoms with Crippen molar-refractivity contribution >= 4 is 34.3 Å². The molecule has 0 aliphatic carbocycles. The fourth-order valence-corrected chi connectivity index (χ4v) is 2.61. The van der Waals surface area contributed by atoms with Crippen LogP contribution in [0.4, 0.5) is 17.3 Å². The molecule has 23 heavy (non-hydrogen) atoms. The minimum absolute atomic E-state index is 0.156. The summed E-state index contributed by atoms with van der Waals surface area (Å²) in [6, 6.07) is 7.91. The fraction of sp³-hybridized carbons (Fsp3) is 0.333. The zero-order valence-corrected chi connectivity index (χ0v) is 14.4.